The van der Waals surface area contributed by atoms with Crippen molar-refractivity contribution < 1.29 is 4.74 Å². The molecule has 0 spiro atoms. The monoisotopic (exact) mass is 253 g/mol. The second-order valence-electron chi connectivity index (χ2n) is 4.73. The topological polar surface area (TPSA) is 21.3 Å². The second kappa shape index (κ2) is 6.39. The van der Waals surface area contributed by atoms with Crippen LogP contribution in [0.5, 0.6) is 0 Å². The Balaban J connectivity index is 1.84. The number of benzene rings is 1. The summed E-state index contributed by atoms with van der Waals surface area (Å²) in [7, 11) is 0. The Morgan fingerprint density at radius 2 is 2.29 bits per heavy atom. The standard InChI is InChI=1S/C14H20ClNO/c1-11(13-6-2-3-7-14(13)15)16-9-12-5-4-8-17-10-12/h2-3,6-7,11-12,16H,4-5,8-10H2,1H3/t11-,12-/m0/s1. The summed E-state index contributed by atoms with van der Waals surface area (Å²) in [6.45, 7) is 4.98. The molecule has 2 nitrogen and oxygen atoms in total. The van der Waals surface area contributed by atoms with Gasteiger partial charge >= 0.3 is 0 Å². The Hall–Kier alpha value is -0.570. The van der Waals surface area contributed by atoms with E-state index in [2.05, 4.69) is 18.3 Å². The second-order valence-corrected chi connectivity index (χ2v) is 5.14. The van der Waals surface area contributed by atoms with Crippen molar-refractivity contribution in [2.24, 2.45) is 5.92 Å². The van der Waals surface area contributed by atoms with Gasteiger partial charge in [-0.05, 0) is 37.3 Å². The molecule has 0 amide bonds. The van der Waals surface area contributed by atoms with Crippen LogP contribution in [0.3, 0.4) is 0 Å². The third-order valence-corrected chi connectivity index (χ3v) is 3.68. The summed E-state index contributed by atoms with van der Waals surface area (Å²) in [5.74, 6) is 0.647. The zero-order valence-corrected chi connectivity index (χ0v) is 11.0. The lowest BCUT2D eigenvalue weighted by Gasteiger charge is -2.24. The predicted molar refractivity (Wildman–Crippen MR) is 71.4 cm³/mol. The van der Waals surface area contributed by atoms with E-state index in [-0.39, 0.29) is 0 Å². The first-order valence-electron chi connectivity index (χ1n) is 6.33. The Labute approximate surface area is 108 Å². The van der Waals surface area contributed by atoms with Crippen molar-refractivity contribution in [1.82, 2.24) is 5.32 Å². The first kappa shape index (κ1) is 12.9. The van der Waals surface area contributed by atoms with Crippen LogP contribution in [-0.4, -0.2) is 19.8 Å². The van der Waals surface area contributed by atoms with Gasteiger partial charge < -0.3 is 10.1 Å². The lowest BCUT2D eigenvalue weighted by atomic mass is 10.0. The summed E-state index contributed by atoms with van der Waals surface area (Å²) >= 11 is 6.18. The van der Waals surface area contributed by atoms with E-state index in [9.17, 15) is 0 Å². The molecule has 1 aromatic carbocycles. The Morgan fingerprint density at radius 3 is 3.00 bits per heavy atom. The minimum Gasteiger partial charge on any atom is -0.381 e. The van der Waals surface area contributed by atoms with Crippen LogP contribution in [0, 0.1) is 5.92 Å². The van der Waals surface area contributed by atoms with Gasteiger partial charge in [-0.1, -0.05) is 29.8 Å². The molecule has 17 heavy (non-hydrogen) atoms. The van der Waals surface area contributed by atoms with Gasteiger partial charge in [-0.3, -0.25) is 0 Å². The van der Waals surface area contributed by atoms with Crippen LogP contribution in [-0.2, 0) is 4.74 Å². The van der Waals surface area contributed by atoms with Crippen molar-refractivity contribution in [3.05, 3.63) is 34.9 Å². The van der Waals surface area contributed by atoms with Crippen molar-refractivity contribution >= 4 is 11.6 Å². The summed E-state index contributed by atoms with van der Waals surface area (Å²) in [4.78, 5) is 0. The maximum atomic E-state index is 6.18. The van der Waals surface area contributed by atoms with E-state index in [0.717, 1.165) is 24.8 Å². The van der Waals surface area contributed by atoms with E-state index in [1.807, 2.05) is 18.2 Å². The molecule has 1 saturated heterocycles. The summed E-state index contributed by atoms with van der Waals surface area (Å²) in [6.07, 6.45) is 2.45. The average Bonchev–Trinajstić information content (AvgIpc) is 2.38. The summed E-state index contributed by atoms with van der Waals surface area (Å²) < 4.78 is 5.48. The van der Waals surface area contributed by atoms with E-state index in [4.69, 9.17) is 16.3 Å². The first-order chi connectivity index (χ1) is 8.27. The predicted octanol–water partition coefficient (Wildman–Crippen LogP) is 3.42. The van der Waals surface area contributed by atoms with Crippen LogP contribution in [0.1, 0.15) is 31.4 Å². The molecular formula is C14H20ClNO. The fourth-order valence-corrected chi connectivity index (χ4v) is 2.55. The molecule has 1 aromatic rings. The van der Waals surface area contributed by atoms with Crippen molar-refractivity contribution in [2.75, 3.05) is 19.8 Å². The molecule has 2 atom stereocenters. The van der Waals surface area contributed by atoms with Gasteiger partial charge in [0.05, 0.1) is 6.61 Å². The molecule has 1 heterocycles. The van der Waals surface area contributed by atoms with Crippen LogP contribution < -0.4 is 5.32 Å². The van der Waals surface area contributed by atoms with E-state index < -0.39 is 0 Å². The molecule has 0 aliphatic carbocycles. The maximum Gasteiger partial charge on any atom is 0.0506 e. The lowest BCUT2D eigenvalue weighted by molar-refractivity contribution is 0.0540. The molecule has 0 radical (unpaired) electrons. The molecule has 0 bridgehead atoms. The Kier molecular flexibility index (Phi) is 4.84. The molecule has 1 aliphatic rings. The molecule has 1 N–H and O–H groups in total. The minimum atomic E-state index is 0.297. The highest BCUT2D eigenvalue weighted by molar-refractivity contribution is 6.31. The molecule has 1 aliphatic heterocycles. The fraction of sp³-hybridized carbons (Fsp3) is 0.571. The van der Waals surface area contributed by atoms with Crippen LogP contribution in [0.25, 0.3) is 0 Å². The molecule has 0 unspecified atom stereocenters. The van der Waals surface area contributed by atoms with E-state index in [0.29, 0.717) is 12.0 Å². The normalized spacial score (nSPS) is 22.4. The van der Waals surface area contributed by atoms with Gasteiger partial charge in [-0.25, -0.2) is 0 Å². The third-order valence-electron chi connectivity index (χ3n) is 3.34. The molecule has 0 saturated carbocycles. The highest BCUT2D eigenvalue weighted by Crippen LogP contribution is 2.22. The van der Waals surface area contributed by atoms with E-state index in [1.54, 1.807) is 0 Å². The molecule has 0 aromatic heterocycles. The van der Waals surface area contributed by atoms with Crippen molar-refractivity contribution in [3.8, 4) is 0 Å². The largest absolute Gasteiger partial charge is 0.381 e. The molecule has 1 fully saturated rings. The SMILES string of the molecule is C[C@H](NC[C@@H]1CCCOC1)c1ccccc1Cl. The number of hydrogen-bond donors (Lipinski definition) is 1. The van der Waals surface area contributed by atoms with Gasteiger partial charge in [0.2, 0.25) is 0 Å². The smallest absolute Gasteiger partial charge is 0.0506 e. The lowest BCUT2D eigenvalue weighted by Crippen LogP contribution is -2.30. The quantitative estimate of drug-likeness (QED) is 0.888. The Bertz CT molecular complexity index is 350. The summed E-state index contributed by atoms with van der Waals surface area (Å²) in [5.41, 5.74) is 1.17. The molecule has 3 heteroatoms. The van der Waals surface area contributed by atoms with Crippen LogP contribution in [0.4, 0.5) is 0 Å². The van der Waals surface area contributed by atoms with E-state index >= 15 is 0 Å². The van der Waals surface area contributed by atoms with Crippen molar-refractivity contribution in [3.63, 3.8) is 0 Å². The highest BCUT2D eigenvalue weighted by atomic mass is 35.5. The number of hydrogen-bond acceptors (Lipinski definition) is 2. The van der Waals surface area contributed by atoms with Gasteiger partial charge in [0.25, 0.3) is 0 Å². The summed E-state index contributed by atoms with van der Waals surface area (Å²) in [6, 6.07) is 8.32. The zero-order chi connectivity index (χ0) is 12.1. The molecule has 2 rings (SSSR count). The van der Waals surface area contributed by atoms with Crippen molar-refractivity contribution in [1.29, 1.82) is 0 Å². The first-order valence-corrected chi connectivity index (χ1v) is 6.70. The number of ether oxygens (including phenoxy) is 1. The minimum absolute atomic E-state index is 0.297. The van der Waals surface area contributed by atoms with E-state index in [1.165, 1.54) is 18.4 Å². The van der Waals surface area contributed by atoms with Gasteiger partial charge in [0, 0.05) is 24.2 Å². The highest BCUT2D eigenvalue weighted by Gasteiger charge is 2.15. The zero-order valence-electron chi connectivity index (χ0n) is 10.3. The number of halogens is 1. The third kappa shape index (κ3) is 3.70. The maximum absolute atomic E-state index is 6.18. The van der Waals surface area contributed by atoms with Crippen LogP contribution in [0.15, 0.2) is 24.3 Å². The summed E-state index contributed by atoms with van der Waals surface area (Å²) in [5, 5.41) is 4.39. The number of nitrogens with one attached hydrogen (secondary N) is 1. The molecule has 94 valence electrons. The number of rotatable bonds is 4. The van der Waals surface area contributed by atoms with Crippen molar-refractivity contribution in [2.45, 2.75) is 25.8 Å². The Morgan fingerprint density at radius 1 is 1.47 bits per heavy atom. The van der Waals surface area contributed by atoms with Gasteiger partial charge in [-0.15, -0.1) is 0 Å². The van der Waals surface area contributed by atoms with Crippen LogP contribution in [0.2, 0.25) is 5.02 Å². The molecular weight excluding hydrogens is 234 g/mol. The average molecular weight is 254 g/mol. The fourth-order valence-electron chi connectivity index (χ4n) is 2.25. The van der Waals surface area contributed by atoms with Gasteiger partial charge in [0.15, 0.2) is 0 Å². The van der Waals surface area contributed by atoms with Gasteiger partial charge in [0.1, 0.15) is 0 Å². The van der Waals surface area contributed by atoms with Gasteiger partial charge in [-0.2, -0.15) is 0 Å². The van der Waals surface area contributed by atoms with Crippen LogP contribution >= 0.6 is 11.6 Å².